The molecule has 0 saturated carbocycles. The lowest BCUT2D eigenvalue weighted by Crippen LogP contribution is -2.17. The van der Waals surface area contributed by atoms with Gasteiger partial charge in [-0.25, -0.2) is 4.98 Å². The summed E-state index contributed by atoms with van der Waals surface area (Å²) < 4.78 is 40.2. The van der Waals surface area contributed by atoms with Gasteiger partial charge >= 0.3 is 6.18 Å². The second-order valence-electron chi connectivity index (χ2n) is 5.43. The molecule has 0 aliphatic carbocycles. The minimum atomic E-state index is -4.63. The number of benzene rings is 1. The van der Waals surface area contributed by atoms with Crippen molar-refractivity contribution < 1.29 is 18.0 Å². The monoisotopic (exact) mass is 378 g/mol. The molecule has 0 radical (unpaired) electrons. The lowest BCUT2D eigenvalue weighted by molar-refractivity contribution is -0.137. The van der Waals surface area contributed by atoms with Gasteiger partial charge in [0.1, 0.15) is 11.8 Å². The molecule has 0 aliphatic rings. The summed E-state index contributed by atoms with van der Waals surface area (Å²) in [6.07, 6.45) is -3.86. The zero-order valence-corrected chi connectivity index (χ0v) is 14.0. The minimum Gasteiger partial charge on any atom is -0.319 e. The third-order valence-corrected chi connectivity index (χ3v) is 3.97. The Hall–Kier alpha value is -3.05. The molecule has 5 nitrogen and oxygen atoms in total. The van der Waals surface area contributed by atoms with Crippen LogP contribution in [0.1, 0.15) is 27.3 Å². The number of carbonyl (C=O) groups is 1. The van der Waals surface area contributed by atoms with E-state index in [2.05, 4.69) is 10.3 Å². The topological polar surface area (TPSA) is 70.2 Å². The summed E-state index contributed by atoms with van der Waals surface area (Å²) in [5.41, 5.74) is -0.387. The van der Waals surface area contributed by atoms with Crippen molar-refractivity contribution in [2.45, 2.75) is 13.1 Å². The van der Waals surface area contributed by atoms with Crippen molar-refractivity contribution in [2.24, 2.45) is 0 Å². The number of aryl methyl sites for hydroxylation is 1. The van der Waals surface area contributed by atoms with Crippen molar-refractivity contribution in [1.82, 2.24) is 9.38 Å². The summed E-state index contributed by atoms with van der Waals surface area (Å²) in [6.45, 7) is 1.49. The van der Waals surface area contributed by atoms with Crippen molar-refractivity contribution >= 4 is 28.8 Å². The van der Waals surface area contributed by atoms with Crippen molar-refractivity contribution in [2.75, 3.05) is 5.32 Å². The fraction of sp³-hybridized carbons (Fsp3) is 0.118. The third kappa shape index (κ3) is 3.09. The molecule has 0 spiro atoms. The number of halogens is 4. The summed E-state index contributed by atoms with van der Waals surface area (Å²) in [5, 5.41) is 11.4. The Bertz CT molecular complexity index is 1070. The number of nitrogens with zero attached hydrogens (tertiary/aromatic N) is 3. The Balaban J connectivity index is 2.12. The first kappa shape index (κ1) is 17.8. The number of hydrogen-bond acceptors (Lipinski definition) is 3. The maximum Gasteiger partial charge on any atom is 0.417 e. The lowest BCUT2D eigenvalue weighted by atomic mass is 10.2. The van der Waals surface area contributed by atoms with Crippen LogP contribution in [0.3, 0.4) is 0 Å². The molecule has 0 fully saturated rings. The highest BCUT2D eigenvalue weighted by Crippen LogP contribution is 2.33. The van der Waals surface area contributed by atoms with E-state index in [4.69, 9.17) is 16.9 Å². The van der Waals surface area contributed by atoms with Gasteiger partial charge in [0, 0.05) is 6.20 Å². The van der Waals surface area contributed by atoms with E-state index in [1.165, 1.54) is 19.1 Å². The molecule has 3 rings (SSSR count). The zero-order valence-electron chi connectivity index (χ0n) is 13.2. The number of anilines is 1. The molecule has 2 heterocycles. The molecule has 132 valence electrons. The smallest absolute Gasteiger partial charge is 0.319 e. The van der Waals surface area contributed by atoms with Crippen LogP contribution in [0.15, 0.2) is 36.5 Å². The molecule has 2 aromatic heterocycles. The largest absolute Gasteiger partial charge is 0.417 e. The molecule has 0 unspecified atom stereocenters. The van der Waals surface area contributed by atoms with Gasteiger partial charge in [-0.15, -0.1) is 0 Å². The van der Waals surface area contributed by atoms with Crippen LogP contribution in [0.4, 0.5) is 18.9 Å². The molecule has 26 heavy (non-hydrogen) atoms. The first-order valence-corrected chi connectivity index (χ1v) is 7.66. The van der Waals surface area contributed by atoms with E-state index in [0.717, 1.165) is 16.7 Å². The molecular weight excluding hydrogens is 369 g/mol. The third-order valence-electron chi connectivity index (χ3n) is 3.69. The van der Waals surface area contributed by atoms with Crippen LogP contribution >= 0.6 is 11.6 Å². The molecule has 1 aromatic carbocycles. The van der Waals surface area contributed by atoms with Crippen LogP contribution in [0.2, 0.25) is 5.02 Å². The predicted octanol–water partition coefficient (Wildman–Crippen LogP) is 4.44. The van der Waals surface area contributed by atoms with E-state index < -0.39 is 17.6 Å². The van der Waals surface area contributed by atoms with Gasteiger partial charge < -0.3 is 5.32 Å². The molecular formula is C17H10ClF3N4O. The summed E-state index contributed by atoms with van der Waals surface area (Å²) >= 11 is 5.91. The van der Waals surface area contributed by atoms with Gasteiger partial charge in [-0.2, -0.15) is 18.4 Å². The normalized spacial score (nSPS) is 11.4. The van der Waals surface area contributed by atoms with E-state index >= 15 is 0 Å². The van der Waals surface area contributed by atoms with Gasteiger partial charge in [-0.3, -0.25) is 9.20 Å². The van der Waals surface area contributed by atoms with Gasteiger partial charge in [0.2, 0.25) is 0 Å². The maximum atomic E-state index is 13.1. The van der Waals surface area contributed by atoms with Crippen molar-refractivity contribution in [3.8, 4) is 6.07 Å². The highest BCUT2D eigenvalue weighted by molar-refractivity contribution is 6.33. The molecule has 0 bridgehead atoms. The first-order valence-electron chi connectivity index (χ1n) is 7.28. The highest BCUT2D eigenvalue weighted by atomic mass is 35.5. The van der Waals surface area contributed by atoms with Crippen molar-refractivity contribution in [1.29, 1.82) is 5.26 Å². The fourth-order valence-electron chi connectivity index (χ4n) is 2.52. The van der Waals surface area contributed by atoms with Crippen molar-refractivity contribution in [3.63, 3.8) is 0 Å². The van der Waals surface area contributed by atoms with E-state index in [9.17, 15) is 18.0 Å². The average Bonchev–Trinajstić information content (AvgIpc) is 2.91. The predicted molar refractivity (Wildman–Crippen MR) is 89.1 cm³/mol. The van der Waals surface area contributed by atoms with E-state index in [1.54, 1.807) is 12.1 Å². The Labute approximate surface area is 150 Å². The van der Waals surface area contributed by atoms with Crippen LogP contribution in [-0.2, 0) is 6.18 Å². The molecule has 3 aromatic rings. The first-order chi connectivity index (χ1) is 12.2. The van der Waals surface area contributed by atoms with Crippen LogP contribution in [0.5, 0.6) is 0 Å². The zero-order chi connectivity index (χ0) is 19.1. The number of nitrogens with one attached hydrogen (secondary N) is 1. The minimum absolute atomic E-state index is 0.0379. The molecule has 0 aliphatic heterocycles. The van der Waals surface area contributed by atoms with Gasteiger partial charge in [-0.1, -0.05) is 23.7 Å². The maximum absolute atomic E-state index is 13.1. The number of para-hydroxylation sites is 1. The number of hydrogen-bond donors (Lipinski definition) is 1. The Morgan fingerprint density at radius 1 is 1.35 bits per heavy atom. The average molecular weight is 379 g/mol. The number of rotatable bonds is 2. The molecule has 0 atom stereocenters. The quantitative estimate of drug-likeness (QED) is 0.716. The molecule has 1 amide bonds. The van der Waals surface area contributed by atoms with E-state index in [0.29, 0.717) is 0 Å². The Morgan fingerprint density at radius 3 is 2.69 bits per heavy atom. The van der Waals surface area contributed by atoms with Crippen LogP contribution in [0, 0.1) is 18.3 Å². The second kappa shape index (κ2) is 6.35. The van der Waals surface area contributed by atoms with Crippen LogP contribution in [0.25, 0.3) is 5.65 Å². The Morgan fingerprint density at radius 2 is 2.04 bits per heavy atom. The lowest BCUT2D eigenvalue weighted by Gasteiger charge is -2.10. The number of aromatic nitrogens is 2. The number of amides is 1. The van der Waals surface area contributed by atoms with Gasteiger partial charge in [0.25, 0.3) is 5.91 Å². The number of imidazole rings is 1. The van der Waals surface area contributed by atoms with E-state index in [-0.39, 0.29) is 33.3 Å². The highest BCUT2D eigenvalue weighted by Gasteiger charge is 2.33. The van der Waals surface area contributed by atoms with Crippen molar-refractivity contribution in [3.05, 3.63) is 64.1 Å². The molecule has 1 N–H and O–H groups in total. The summed E-state index contributed by atoms with van der Waals surface area (Å²) in [7, 11) is 0. The van der Waals surface area contributed by atoms with Gasteiger partial charge in [-0.05, 0) is 25.1 Å². The number of fused-ring (bicyclic) bond motifs is 1. The standard InChI is InChI=1S/C17H10ClF3N4O/c1-9-14(16(26)24-13-5-3-2-4-10(13)7-22)25-8-11(17(19,20)21)6-12(18)15(25)23-9/h2-6,8H,1H3,(H,24,26). The summed E-state index contributed by atoms with van der Waals surface area (Å²) in [6, 6.07) is 8.97. The van der Waals surface area contributed by atoms with Gasteiger partial charge in [0.15, 0.2) is 5.65 Å². The number of alkyl halides is 3. The number of carbonyl (C=O) groups excluding carboxylic acids is 1. The number of nitriles is 1. The second-order valence-corrected chi connectivity index (χ2v) is 5.83. The van der Waals surface area contributed by atoms with E-state index in [1.807, 2.05) is 6.07 Å². The number of pyridine rings is 1. The van der Waals surface area contributed by atoms with Crippen LogP contribution < -0.4 is 5.32 Å². The summed E-state index contributed by atoms with van der Waals surface area (Å²) in [4.78, 5) is 16.7. The molecule has 9 heteroatoms. The van der Waals surface area contributed by atoms with Gasteiger partial charge in [0.05, 0.1) is 27.5 Å². The van der Waals surface area contributed by atoms with Crippen LogP contribution in [-0.4, -0.2) is 15.3 Å². The fourth-order valence-corrected chi connectivity index (χ4v) is 2.77. The molecule has 0 saturated heterocycles. The summed E-state index contributed by atoms with van der Waals surface area (Å²) in [5.74, 6) is -0.701. The SMILES string of the molecule is Cc1nc2c(Cl)cc(C(F)(F)F)cn2c1C(=O)Nc1ccccc1C#N. The Kier molecular flexibility index (Phi) is 4.34.